The topological polar surface area (TPSA) is 83.5 Å². The van der Waals surface area contributed by atoms with Crippen LogP contribution in [-0.4, -0.2) is 28.1 Å². The number of aliphatic carboxylic acids is 1. The van der Waals surface area contributed by atoms with Crippen molar-refractivity contribution >= 4 is 29.6 Å². The van der Waals surface area contributed by atoms with E-state index in [0.29, 0.717) is 0 Å². The van der Waals surface area contributed by atoms with Crippen molar-refractivity contribution in [2.45, 2.75) is 19.4 Å². The van der Waals surface area contributed by atoms with Crippen LogP contribution in [0.15, 0.2) is 0 Å². The zero-order valence-electron chi connectivity index (χ0n) is 6.40. The molecular formula is C6H9NO4S. The van der Waals surface area contributed by atoms with Crippen LogP contribution in [0.25, 0.3) is 0 Å². The van der Waals surface area contributed by atoms with Gasteiger partial charge in [-0.2, -0.15) is 0 Å². The number of thiol groups is 1. The monoisotopic (exact) mass is 191 g/mol. The Morgan fingerprint density at radius 1 is 1.50 bits per heavy atom. The maximum atomic E-state index is 10.4. The average molecular weight is 191 g/mol. The first-order chi connectivity index (χ1) is 5.43. The van der Waals surface area contributed by atoms with E-state index in [9.17, 15) is 14.4 Å². The minimum atomic E-state index is -1.24. The van der Waals surface area contributed by atoms with Crippen molar-refractivity contribution in [3.8, 4) is 0 Å². The van der Waals surface area contributed by atoms with E-state index in [1.165, 1.54) is 6.92 Å². The third-order valence-electron chi connectivity index (χ3n) is 1.05. The first-order valence-electron chi connectivity index (χ1n) is 3.15. The van der Waals surface area contributed by atoms with Crippen LogP contribution in [0.2, 0.25) is 0 Å². The third kappa shape index (κ3) is 4.73. The highest BCUT2D eigenvalue weighted by molar-refractivity contribution is 7.96. The van der Waals surface area contributed by atoms with Crippen LogP contribution < -0.4 is 5.32 Å². The number of carboxylic acid groups (broad SMARTS) is 1. The summed E-state index contributed by atoms with van der Waals surface area (Å²) in [5, 5.41) is 10.00. The highest BCUT2D eigenvalue weighted by Gasteiger charge is 2.19. The van der Waals surface area contributed by atoms with Crippen LogP contribution in [0.5, 0.6) is 0 Å². The number of nitrogens with one attached hydrogen (secondary N) is 1. The Kier molecular flexibility index (Phi) is 4.35. The second-order valence-electron chi connectivity index (χ2n) is 2.19. The summed E-state index contributed by atoms with van der Waals surface area (Å²) in [4.78, 5) is 31.2. The largest absolute Gasteiger partial charge is 0.480 e. The van der Waals surface area contributed by atoms with E-state index < -0.39 is 23.0 Å². The molecule has 0 saturated carbocycles. The van der Waals surface area contributed by atoms with Gasteiger partial charge in [-0.05, 0) is 0 Å². The van der Waals surface area contributed by atoms with Gasteiger partial charge in [-0.25, -0.2) is 4.79 Å². The molecule has 0 saturated heterocycles. The Morgan fingerprint density at radius 3 is 2.25 bits per heavy atom. The molecule has 0 rings (SSSR count). The van der Waals surface area contributed by atoms with E-state index in [-0.39, 0.29) is 6.42 Å². The number of amides is 1. The summed E-state index contributed by atoms with van der Waals surface area (Å²) in [6, 6.07) is -1.17. The van der Waals surface area contributed by atoms with Gasteiger partial charge >= 0.3 is 5.97 Å². The first-order valence-corrected chi connectivity index (χ1v) is 3.60. The minimum absolute atomic E-state index is 0.308. The summed E-state index contributed by atoms with van der Waals surface area (Å²) >= 11 is 3.40. The normalized spacial score (nSPS) is 11.8. The molecule has 0 aliphatic carbocycles. The fourth-order valence-electron chi connectivity index (χ4n) is 0.620. The third-order valence-corrected chi connectivity index (χ3v) is 1.24. The van der Waals surface area contributed by atoms with Crippen LogP contribution in [0.1, 0.15) is 13.3 Å². The SMILES string of the molecule is CC(=O)NC(CC(=O)S)C(=O)O. The second-order valence-corrected chi connectivity index (χ2v) is 2.69. The molecule has 5 nitrogen and oxygen atoms in total. The molecule has 0 heterocycles. The Morgan fingerprint density at radius 2 is 2.00 bits per heavy atom. The zero-order valence-corrected chi connectivity index (χ0v) is 7.30. The van der Waals surface area contributed by atoms with Crippen LogP contribution >= 0.6 is 12.6 Å². The summed E-state index contributed by atoms with van der Waals surface area (Å²) in [7, 11) is 0. The molecule has 0 aliphatic rings. The summed E-state index contributed by atoms with van der Waals surface area (Å²) in [5.41, 5.74) is 0. The predicted octanol–water partition coefficient (Wildman–Crippen LogP) is -0.578. The van der Waals surface area contributed by atoms with Crippen molar-refractivity contribution in [3.63, 3.8) is 0 Å². The van der Waals surface area contributed by atoms with Crippen LogP contribution in [0, 0.1) is 0 Å². The van der Waals surface area contributed by atoms with Crippen molar-refractivity contribution in [2.75, 3.05) is 0 Å². The molecule has 0 bridgehead atoms. The molecule has 0 aromatic rings. The maximum absolute atomic E-state index is 10.4. The first kappa shape index (κ1) is 11.0. The van der Waals surface area contributed by atoms with Crippen molar-refractivity contribution in [1.29, 1.82) is 0 Å². The van der Waals surface area contributed by atoms with Crippen LogP contribution in [0.3, 0.4) is 0 Å². The summed E-state index contributed by atoms with van der Waals surface area (Å²) < 4.78 is 0. The van der Waals surface area contributed by atoms with Gasteiger partial charge in [-0.3, -0.25) is 9.59 Å². The molecule has 0 aromatic heterocycles. The molecule has 2 N–H and O–H groups in total. The summed E-state index contributed by atoms with van der Waals surface area (Å²) in [5.74, 6) is -1.73. The fraction of sp³-hybridized carbons (Fsp3) is 0.500. The molecule has 6 heteroatoms. The number of carboxylic acids is 1. The van der Waals surface area contributed by atoms with Gasteiger partial charge in [0.1, 0.15) is 6.04 Å². The van der Waals surface area contributed by atoms with Crippen molar-refractivity contribution < 1.29 is 19.5 Å². The molecule has 0 radical (unpaired) electrons. The molecule has 68 valence electrons. The lowest BCUT2D eigenvalue weighted by atomic mass is 10.2. The molecule has 12 heavy (non-hydrogen) atoms. The molecule has 1 atom stereocenters. The standard InChI is InChI=1S/C6H9NO4S/c1-3(8)7-4(6(10)11)2-5(9)12/h4H,2H2,1H3,(H,7,8)(H,9,12)(H,10,11). The Hall–Kier alpha value is -1.04. The van der Waals surface area contributed by atoms with E-state index in [2.05, 4.69) is 17.9 Å². The van der Waals surface area contributed by atoms with Crippen LogP contribution in [0.4, 0.5) is 0 Å². The number of hydrogen-bond donors (Lipinski definition) is 3. The van der Waals surface area contributed by atoms with Crippen molar-refractivity contribution in [2.24, 2.45) is 0 Å². The van der Waals surface area contributed by atoms with Gasteiger partial charge in [-0.1, -0.05) is 0 Å². The summed E-state index contributed by atoms with van der Waals surface area (Å²) in [6.45, 7) is 1.18. The molecule has 0 aliphatic heterocycles. The van der Waals surface area contributed by atoms with Gasteiger partial charge in [0.2, 0.25) is 5.91 Å². The molecular weight excluding hydrogens is 182 g/mol. The Labute approximate surface area is 74.5 Å². The lowest BCUT2D eigenvalue weighted by molar-refractivity contribution is -0.142. The highest BCUT2D eigenvalue weighted by atomic mass is 32.1. The Balaban J connectivity index is 4.14. The molecule has 0 fully saturated rings. The van der Waals surface area contributed by atoms with Gasteiger partial charge in [0.25, 0.3) is 0 Å². The molecule has 1 amide bonds. The van der Waals surface area contributed by atoms with E-state index in [0.717, 1.165) is 0 Å². The predicted molar refractivity (Wildman–Crippen MR) is 43.9 cm³/mol. The maximum Gasteiger partial charge on any atom is 0.326 e. The zero-order chi connectivity index (χ0) is 9.72. The highest BCUT2D eigenvalue weighted by Crippen LogP contribution is 1.96. The van der Waals surface area contributed by atoms with Gasteiger partial charge in [0.05, 0.1) is 0 Å². The van der Waals surface area contributed by atoms with E-state index in [4.69, 9.17) is 5.11 Å². The number of carbonyl (C=O) groups is 3. The number of rotatable bonds is 4. The quantitative estimate of drug-likeness (QED) is 0.519. The van der Waals surface area contributed by atoms with Gasteiger partial charge in [0, 0.05) is 13.3 Å². The smallest absolute Gasteiger partial charge is 0.326 e. The molecule has 1 unspecified atom stereocenters. The van der Waals surface area contributed by atoms with Crippen molar-refractivity contribution in [3.05, 3.63) is 0 Å². The molecule has 0 spiro atoms. The van der Waals surface area contributed by atoms with Crippen molar-refractivity contribution in [1.82, 2.24) is 5.32 Å². The number of hydrogen-bond acceptors (Lipinski definition) is 3. The lowest BCUT2D eigenvalue weighted by Gasteiger charge is -2.09. The fourth-order valence-corrected chi connectivity index (χ4v) is 0.803. The lowest BCUT2D eigenvalue weighted by Crippen LogP contribution is -2.40. The summed E-state index contributed by atoms with van der Waals surface area (Å²) in [6.07, 6.45) is -0.308. The van der Waals surface area contributed by atoms with E-state index in [1.54, 1.807) is 0 Å². The Bertz CT molecular complexity index is 200. The van der Waals surface area contributed by atoms with Gasteiger partial charge < -0.3 is 10.4 Å². The van der Waals surface area contributed by atoms with E-state index >= 15 is 0 Å². The van der Waals surface area contributed by atoms with Gasteiger partial charge in [-0.15, -0.1) is 12.6 Å². The van der Waals surface area contributed by atoms with E-state index in [1.807, 2.05) is 0 Å². The van der Waals surface area contributed by atoms with Gasteiger partial charge in [0.15, 0.2) is 5.12 Å². The molecule has 0 aromatic carbocycles. The van der Waals surface area contributed by atoms with Crippen LogP contribution in [-0.2, 0) is 14.4 Å². The second kappa shape index (κ2) is 4.76. The average Bonchev–Trinajstić information content (AvgIpc) is 1.83. The minimum Gasteiger partial charge on any atom is -0.480 e. The number of carbonyl (C=O) groups excluding carboxylic acids is 2.